The molecule has 0 spiro atoms. The second-order valence-electron chi connectivity index (χ2n) is 4.28. The van der Waals surface area contributed by atoms with Gasteiger partial charge >= 0.3 is 0 Å². The predicted octanol–water partition coefficient (Wildman–Crippen LogP) is 3.70. The molecule has 3 heteroatoms. The Kier molecular flexibility index (Phi) is 4.53. The molecule has 2 rings (SSSR count). The Balaban J connectivity index is 2.03. The van der Waals surface area contributed by atoms with Crippen LogP contribution >= 0.6 is 0 Å². The monoisotopic (exact) mass is 247 g/mol. The molecule has 0 aliphatic rings. The van der Waals surface area contributed by atoms with Crippen LogP contribution in [0.25, 0.3) is 0 Å². The van der Waals surface area contributed by atoms with Gasteiger partial charge in [-0.2, -0.15) is 0 Å². The summed E-state index contributed by atoms with van der Waals surface area (Å²) >= 11 is 0. The molecule has 0 aliphatic carbocycles. The van der Waals surface area contributed by atoms with E-state index in [1.165, 1.54) is 6.07 Å². The fourth-order valence-corrected chi connectivity index (χ4v) is 2.10. The van der Waals surface area contributed by atoms with Gasteiger partial charge in [-0.3, -0.25) is 0 Å². The topological polar surface area (TPSA) is 25.2 Å². The van der Waals surface area contributed by atoms with Gasteiger partial charge in [0.1, 0.15) is 11.6 Å². The number of halogens is 1. The SMILES string of the molecule is CCNC(CCc1ccco1)c1cccc(F)c1. The molecule has 1 unspecified atom stereocenters. The Labute approximate surface area is 107 Å². The summed E-state index contributed by atoms with van der Waals surface area (Å²) in [5.74, 6) is 0.780. The third-order valence-electron chi connectivity index (χ3n) is 2.96. The molecular weight excluding hydrogens is 229 g/mol. The van der Waals surface area contributed by atoms with Crippen molar-refractivity contribution >= 4 is 0 Å². The van der Waals surface area contributed by atoms with Crippen molar-refractivity contribution in [3.8, 4) is 0 Å². The van der Waals surface area contributed by atoms with Crippen molar-refractivity contribution in [1.82, 2.24) is 5.32 Å². The summed E-state index contributed by atoms with van der Waals surface area (Å²) in [7, 11) is 0. The van der Waals surface area contributed by atoms with Crippen LogP contribution < -0.4 is 5.32 Å². The Morgan fingerprint density at radius 1 is 1.28 bits per heavy atom. The number of hydrogen-bond acceptors (Lipinski definition) is 2. The van der Waals surface area contributed by atoms with E-state index in [2.05, 4.69) is 12.2 Å². The van der Waals surface area contributed by atoms with Crippen LogP contribution in [0.15, 0.2) is 47.1 Å². The van der Waals surface area contributed by atoms with Crippen LogP contribution in [0.4, 0.5) is 4.39 Å². The molecule has 1 aromatic carbocycles. The third kappa shape index (κ3) is 3.44. The molecule has 2 aromatic rings. The van der Waals surface area contributed by atoms with Crippen molar-refractivity contribution in [1.29, 1.82) is 0 Å². The Morgan fingerprint density at radius 3 is 2.83 bits per heavy atom. The zero-order valence-electron chi connectivity index (χ0n) is 10.5. The maximum absolute atomic E-state index is 13.2. The van der Waals surface area contributed by atoms with Gasteiger partial charge in [0.15, 0.2) is 0 Å². The fraction of sp³-hybridized carbons (Fsp3) is 0.333. The minimum absolute atomic E-state index is 0.163. The molecule has 1 aromatic heterocycles. The van der Waals surface area contributed by atoms with Crippen LogP contribution in [0.2, 0.25) is 0 Å². The Morgan fingerprint density at radius 2 is 2.17 bits per heavy atom. The Hall–Kier alpha value is -1.61. The van der Waals surface area contributed by atoms with E-state index < -0.39 is 0 Å². The number of aryl methyl sites for hydroxylation is 1. The van der Waals surface area contributed by atoms with Gasteiger partial charge in [-0.1, -0.05) is 19.1 Å². The molecule has 18 heavy (non-hydrogen) atoms. The number of furan rings is 1. The summed E-state index contributed by atoms with van der Waals surface area (Å²) in [5, 5.41) is 3.38. The van der Waals surface area contributed by atoms with Gasteiger partial charge in [-0.05, 0) is 42.8 Å². The Bertz CT molecular complexity index is 467. The molecule has 1 atom stereocenters. The minimum atomic E-state index is -0.187. The first-order valence-corrected chi connectivity index (χ1v) is 6.31. The van der Waals surface area contributed by atoms with Gasteiger partial charge in [0.2, 0.25) is 0 Å². The maximum atomic E-state index is 13.2. The number of benzene rings is 1. The highest BCUT2D eigenvalue weighted by molar-refractivity contribution is 5.20. The molecule has 1 N–H and O–H groups in total. The molecule has 0 saturated carbocycles. The highest BCUT2D eigenvalue weighted by atomic mass is 19.1. The summed E-state index contributed by atoms with van der Waals surface area (Å²) in [6.07, 6.45) is 3.42. The van der Waals surface area contributed by atoms with E-state index in [1.807, 2.05) is 18.2 Å². The van der Waals surface area contributed by atoms with Gasteiger partial charge in [0.05, 0.1) is 6.26 Å². The molecule has 2 nitrogen and oxygen atoms in total. The molecule has 96 valence electrons. The van der Waals surface area contributed by atoms with Gasteiger partial charge in [-0.15, -0.1) is 0 Å². The maximum Gasteiger partial charge on any atom is 0.123 e. The summed E-state index contributed by atoms with van der Waals surface area (Å²) in [6.45, 7) is 2.92. The highest BCUT2D eigenvalue weighted by Crippen LogP contribution is 2.20. The van der Waals surface area contributed by atoms with E-state index >= 15 is 0 Å². The number of hydrogen-bond donors (Lipinski definition) is 1. The van der Waals surface area contributed by atoms with Crippen LogP contribution in [0, 0.1) is 5.82 Å². The smallest absolute Gasteiger partial charge is 0.123 e. The van der Waals surface area contributed by atoms with Crippen molar-refractivity contribution in [3.63, 3.8) is 0 Å². The first-order chi connectivity index (χ1) is 8.79. The van der Waals surface area contributed by atoms with Crippen LogP contribution in [0.1, 0.15) is 30.7 Å². The molecule has 0 saturated heterocycles. The van der Waals surface area contributed by atoms with Crippen LogP contribution in [-0.4, -0.2) is 6.54 Å². The lowest BCUT2D eigenvalue weighted by Gasteiger charge is -2.17. The molecule has 0 amide bonds. The van der Waals surface area contributed by atoms with E-state index in [0.29, 0.717) is 0 Å². The van der Waals surface area contributed by atoms with E-state index in [1.54, 1.807) is 18.4 Å². The third-order valence-corrected chi connectivity index (χ3v) is 2.96. The van der Waals surface area contributed by atoms with Crippen molar-refractivity contribution in [3.05, 3.63) is 59.8 Å². The van der Waals surface area contributed by atoms with E-state index in [9.17, 15) is 4.39 Å². The van der Waals surface area contributed by atoms with Crippen LogP contribution in [0.5, 0.6) is 0 Å². The number of rotatable bonds is 6. The number of nitrogens with one attached hydrogen (secondary N) is 1. The van der Waals surface area contributed by atoms with Crippen LogP contribution in [-0.2, 0) is 6.42 Å². The summed E-state index contributed by atoms with van der Waals surface area (Å²) in [6, 6.07) is 10.8. The quantitative estimate of drug-likeness (QED) is 0.842. The van der Waals surface area contributed by atoms with E-state index in [-0.39, 0.29) is 11.9 Å². The van der Waals surface area contributed by atoms with Gasteiger partial charge in [0, 0.05) is 12.5 Å². The average molecular weight is 247 g/mol. The molecule has 0 fully saturated rings. The van der Waals surface area contributed by atoms with Crippen molar-refractivity contribution in [2.45, 2.75) is 25.8 Å². The van der Waals surface area contributed by atoms with Gasteiger partial charge < -0.3 is 9.73 Å². The first kappa shape index (κ1) is 12.8. The van der Waals surface area contributed by atoms with Gasteiger partial charge in [0.25, 0.3) is 0 Å². The zero-order valence-corrected chi connectivity index (χ0v) is 10.5. The normalized spacial score (nSPS) is 12.6. The van der Waals surface area contributed by atoms with Crippen LogP contribution in [0.3, 0.4) is 0 Å². The predicted molar refractivity (Wildman–Crippen MR) is 69.8 cm³/mol. The molecule has 0 bridgehead atoms. The molecular formula is C15H18FNO. The molecule has 1 heterocycles. The van der Waals surface area contributed by atoms with Crippen molar-refractivity contribution in [2.75, 3.05) is 6.54 Å². The highest BCUT2D eigenvalue weighted by Gasteiger charge is 2.11. The summed E-state index contributed by atoms with van der Waals surface area (Å²) < 4.78 is 18.6. The minimum Gasteiger partial charge on any atom is -0.469 e. The lowest BCUT2D eigenvalue weighted by molar-refractivity contribution is 0.457. The summed E-state index contributed by atoms with van der Waals surface area (Å²) in [5.41, 5.74) is 0.989. The second kappa shape index (κ2) is 6.36. The largest absolute Gasteiger partial charge is 0.469 e. The first-order valence-electron chi connectivity index (χ1n) is 6.31. The lowest BCUT2D eigenvalue weighted by Crippen LogP contribution is -2.21. The van der Waals surface area contributed by atoms with Crippen molar-refractivity contribution < 1.29 is 8.81 Å². The standard InChI is InChI=1S/C15H18FNO/c1-2-17-15(9-8-14-7-4-10-18-14)12-5-3-6-13(16)11-12/h3-7,10-11,15,17H,2,8-9H2,1H3. The molecule has 0 aliphatic heterocycles. The van der Waals surface area contributed by atoms with Gasteiger partial charge in [-0.25, -0.2) is 4.39 Å². The molecule has 0 radical (unpaired) electrons. The fourth-order valence-electron chi connectivity index (χ4n) is 2.10. The lowest BCUT2D eigenvalue weighted by atomic mass is 10.0. The average Bonchev–Trinajstić information content (AvgIpc) is 2.87. The van der Waals surface area contributed by atoms with E-state index in [0.717, 1.165) is 30.7 Å². The van der Waals surface area contributed by atoms with Crippen molar-refractivity contribution in [2.24, 2.45) is 0 Å². The second-order valence-corrected chi connectivity index (χ2v) is 4.28. The summed E-state index contributed by atoms with van der Waals surface area (Å²) in [4.78, 5) is 0. The zero-order chi connectivity index (χ0) is 12.8. The van der Waals surface area contributed by atoms with E-state index in [4.69, 9.17) is 4.42 Å².